The van der Waals surface area contributed by atoms with E-state index in [4.69, 9.17) is 0 Å². The summed E-state index contributed by atoms with van der Waals surface area (Å²) in [5, 5.41) is 3.20. The van der Waals surface area contributed by atoms with Gasteiger partial charge in [0.25, 0.3) is 0 Å². The van der Waals surface area contributed by atoms with Crippen LogP contribution in [-0.4, -0.2) is 44.8 Å². The van der Waals surface area contributed by atoms with E-state index in [1.165, 1.54) is 30.4 Å². The Bertz CT molecular complexity index is 1770. The third kappa shape index (κ3) is 9.48. The van der Waals surface area contributed by atoms with Gasteiger partial charge in [0.2, 0.25) is 0 Å². The number of ketones is 1. The summed E-state index contributed by atoms with van der Waals surface area (Å²) in [7, 11) is -9.55. The van der Waals surface area contributed by atoms with Gasteiger partial charge in [-0.05, 0) is 84.7 Å². The second kappa shape index (κ2) is 15.8. The monoisotopic (exact) mass is 638 g/mol. The van der Waals surface area contributed by atoms with E-state index in [1.54, 1.807) is 18.2 Å². The molecule has 0 amide bonds. The van der Waals surface area contributed by atoms with Crippen molar-refractivity contribution in [3.8, 4) is 0 Å². The summed E-state index contributed by atoms with van der Waals surface area (Å²) in [6, 6.07) is 20.4. The van der Waals surface area contributed by atoms with E-state index in [1.807, 2.05) is 55.1 Å². The molecule has 3 aromatic rings. The number of nitrogens with zero attached hydrogens (tertiary/aromatic N) is 1. The Kier molecular flexibility index (Phi) is 13.7. The van der Waals surface area contributed by atoms with E-state index in [2.05, 4.69) is 5.32 Å². The summed E-state index contributed by atoms with van der Waals surface area (Å²) in [6.07, 6.45) is 3.42. The largest absolute Gasteiger partial charge is 1.00 e. The first-order chi connectivity index (χ1) is 19.4. The fraction of sp³-hybridized carbons (Fsp3) is 0.167. The van der Waals surface area contributed by atoms with Gasteiger partial charge in [0.15, 0.2) is 5.78 Å². The molecule has 1 aliphatic carbocycles. The zero-order valence-electron chi connectivity index (χ0n) is 24.4. The number of anilines is 2. The van der Waals surface area contributed by atoms with E-state index in [9.17, 15) is 30.7 Å². The summed E-state index contributed by atoms with van der Waals surface area (Å²) < 4.78 is 70.9. The third-order valence-corrected chi connectivity index (χ3v) is 8.22. The summed E-state index contributed by atoms with van der Waals surface area (Å²) in [4.78, 5) is 13.1. The fourth-order valence-corrected chi connectivity index (χ4v) is 5.84. The Hall–Kier alpha value is -2.03. The zero-order valence-corrected chi connectivity index (χ0v) is 30.0. The van der Waals surface area contributed by atoms with Crippen LogP contribution in [0.5, 0.6) is 0 Å². The number of allylic oxidation sites excluding steroid dienone is 4. The van der Waals surface area contributed by atoms with Crippen LogP contribution in [0.15, 0.2) is 106 Å². The quantitative estimate of drug-likeness (QED) is 0.206. The van der Waals surface area contributed by atoms with E-state index < -0.39 is 30.9 Å². The predicted molar refractivity (Wildman–Crippen MR) is 156 cm³/mol. The van der Waals surface area contributed by atoms with Crippen LogP contribution >= 0.6 is 0 Å². The number of benzene rings is 3. The molecule has 0 radical (unpaired) electrons. The minimum Gasteiger partial charge on any atom is -0.744 e. The standard InChI is InChI=1S/C30H30N2O7S2.2Na/c1-3-31-24-12-8-22(9-13-24)30(28-17-16-26(33)19-29(28)41(37,38)39)23-10-14-25(15-11-23)32(4-2)20-21-6-5-7-27(18-21)40(34,35)36;;/h5-19,31H,3-4,20H2,1-2H3,(H,34,35,36)(H,37,38,39);;/q;2*+1/p-2/b30-28-;;. The number of carbonyl (C=O) groups is 1. The zero-order chi connectivity index (χ0) is 29.8. The smallest absolute Gasteiger partial charge is 0.744 e. The van der Waals surface area contributed by atoms with Gasteiger partial charge in [-0.25, -0.2) is 16.8 Å². The molecular formula is C30H28N2Na2O7S2. The number of hydrogen-bond acceptors (Lipinski definition) is 9. The van der Waals surface area contributed by atoms with Gasteiger partial charge in [-0.3, -0.25) is 4.79 Å². The van der Waals surface area contributed by atoms with E-state index in [0.717, 1.165) is 17.5 Å². The summed E-state index contributed by atoms with van der Waals surface area (Å²) in [5.74, 6) is -0.590. The van der Waals surface area contributed by atoms with Gasteiger partial charge in [0.1, 0.15) is 20.2 Å². The van der Waals surface area contributed by atoms with Crippen molar-refractivity contribution in [3.05, 3.63) is 118 Å². The number of hydrogen-bond donors (Lipinski definition) is 1. The molecule has 0 fully saturated rings. The molecule has 1 N–H and O–H groups in total. The Balaban J connectivity index is 0.00000323. The third-order valence-electron chi connectivity index (χ3n) is 6.51. The van der Waals surface area contributed by atoms with Crippen LogP contribution in [0.25, 0.3) is 5.57 Å². The van der Waals surface area contributed by atoms with Gasteiger partial charge < -0.3 is 19.3 Å². The second-order valence-corrected chi connectivity index (χ2v) is 12.0. The van der Waals surface area contributed by atoms with Crippen molar-refractivity contribution in [1.29, 1.82) is 0 Å². The average Bonchev–Trinajstić information content (AvgIpc) is 2.93. The van der Waals surface area contributed by atoms with Crippen LogP contribution in [0, 0.1) is 0 Å². The summed E-state index contributed by atoms with van der Waals surface area (Å²) >= 11 is 0. The molecule has 13 heteroatoms. The predicted octanol–water partition coefficient (Wildman–Crippen LogP) is -1.57. The van der Waals surface area contributed by atoms with Crippen molar-refractivity contribution in [2.24, 2.45) is 0 Å². The molecule has 0 aliphatic heterocycles. The van der Waals surface area contributed by atoms with Gasteiger partial charge in [-0.1, -0.05) is 36.4 Å². The van der Waals surface area contributed by atoms with Crippen molar-refractivity contribution >= 4 is 43.0 Å². The molecule has 0 saturated heterocycles. The Labute approximate surface area is 296 Å². The van der Waals surface area contributed by atoms with Crippen LogP contribution in [0.2, 0.25) is 0 Å². The van der Waals surface area contributed by atoms with Crippen molar-refractivity contribution in [3.63, 3.8) is 0 Å². The molecule has 0 atom stereocenters. The number of nitrogens with one attached hydrogen (secondary N) is 1. The Morgan fingerprint density at radius 2 is 1.42 bits per heavy atom. The van der Waals surface area contributed by atoms with Gasteiger partial charge in [-0.15, -0.1) is 0 Å². The Morgan fingerprint density at radius 3 is 1.95 bits per heavy atom. The van der Waals surface area contributed by atoms with Crippen molar-refractivity contribution in [2.45, 2.75) is 25.3 Å². The molecule has 214 valence electrons. The first-order valence-corrected chi connectivity index (χ1v) is 15.6. The normalized spacial score (nSPS) is 14.2. The maximum atomic E-state index is 12.2. The van der Waals surface area contributed by atoms with Gasteiger partial charge in [0, 0.05) is 42.7 Å². The molecule has 0 aromatic heterocycles. The molecule has 0 saturated carbocycles. The Morgan fingerprint density at radius 1 is 0.814 bits per heavy atom. The van der Waals surface area contributed by atoms with Crippen LogP contribution in [0.4, 0.5) is 11.4 Å². The minimum atomic E-state index is -4.96. The molecule has 0 bridgehead atoms. The summed E-state index contributed by atoms with van der Waals surface area (Å²) in [5.41, 5.74) is 4.14. The van der Waals surface area contributed by atoms with Gasteiger partial charge in [-0.2, -0.15) is 0 Å². The maximum Gasteiger partial charge on any atom is 1.00 e. The molecule has 0 spiro atoms. The molecule has 43 heavy (non-hydrogen) atoms. The van der Waals surface area contributed by atoms with E-state index >= 15 is 0 Å². The van der Waals surface area contributed by atoms with Gasteiger partial charge in [0.05, 0.1) is 9.80 Å². The second-order valence-electron chi connectivity index (χ2n) is 9.26. The molecule has 0 unspecified atom stereocenters. The minimum absolute atomic E-state index is 0. The molecule has 1 aliphatic rings. The van der Waals surface area contributed by atoms with Crippen molar-refractivity contribution in [1.82, 2.24) is 0 Å². The van der Waals surface area contributed by atoms with Gasteiger partial charge >= 0.3 is 59.1 Å². The van der Waals surface area contributed by atoms with Crippen LogP contribution < -0.4 is 69.3 Å². The van der Waals surface area contributed by atoms with E-state index in [-0.39, 0.29) is 69.6 Å². The molecule has 9 nitrogen and oxygen atoms in total. The van der Waals surface area contributed by atoms with Crippen LogP contribution in [0.1, 0.15) is 30.5 Å². The maximum absolute atomic E-state index is 12.2. The molecular weight excluding hydrogens is 610 g/mol. The first-order valence-electron chi connectivity index (χ1n) is 12.8. The van der Waals surface area contributed by atoms with Crippen LogP contribution in [-0.2, 0) is 31.6 Å². The summed E-state index contributed by atoms with van der Waals surface area (Å²) in [6.45, 7) is 5.52. The van der Waals surface area contributed by atoms with E-state index in [0.29, 0.717) is 41.9 Å². The van der Waals surface area contributed by atoms with Crippen molar-refractivity contribution < 1.29 is 89.9 Å². The SMILES string of the molecule is CCNc1ccc(/C(=C2\C=CC(=O)C=C2S(=O)(=O)[O-])c2ccc(N(CC)Cc3cccc(S(=O)(=O)[O-])c3)cc2)cc1.[Na+].[Na+]. The molecule has 4 rings (SSSR count). The number of rotatable bonds is 10. The topological polar surface area (TPSA) is 147 Å². The number of carbonyl (C=O) groups excluding carboxylic acids is 1. The van der Waals surface area contributed by atoms with Crippen LogP contribution in [0.3, 0.4) is 0 Å². The first kappa shape index (κ1) is 37.2. The molecule has 3 aromatic carbocycles. The van der Waals surface area contributed by atoms with Crippen molar-refractivity contribution in [2.75, 3.05) is 23.3 Å². The fourth-order valence-electron chi connectivity index (χ4n) is 4.60. The average molecular weight is 639 g/mol. The molecule has 0 heterocycles.